The Hall–Kier alpha value is -1.25. The summed E-state index contributed by atoms with van der Waals surface area (Å²) in [6.07, 6.45) is 5.60. The Bertz CT molecular complexity index is 295. The van der Waals surface area contributed by atoms with Crippen LogP contribution in [0.15, 0.2) is 0 Å². The number of Topliss-reactive ketones (excluding diaryl/α,β-unsaturated/α-hetero) is 1. The summed E-state index contributed by atoms with van der Waals surface area (Å²) in [4.78, 5) is 23.2. The van der Waals surface area contributed by atoms with Crippen LogP contribution in [-0.2, 0) is 4.79 Å². The lowest BCUT2D eigenvalue weighted by molar-refractivity contribution is -0.121. The first-order valence-electron chi connectivity index (χ1n) is 4.82. The van der Waals surface area contributed by atoms with E-state index in [4.69, 9.17) is 11.5 Å². The van der Waals surface area contributed by atoms with E-state index >= 15 is 0 Å². The maximum absolute atomic E-state index is 11.6. The molecule has 0 saturated carbocycles. The summed E-state index contributed by atoms with van der Waals surface area (Å²) < 4.78 is 0. The largest absolute Gasteiger partial charge is 0.465 e. The highest BCUT2D eigenvalue weighted by molar-refractivity contribution is 5.88. The Morgan fingerprint density at radius 1 is 1.56 bits per heavy atom. The summed E-state index contributed by atoms with van der Waals surface area (Å²) >= 11 is 0. The molecule has 0 aromatic heterocycles. The van der Waals surface area contributed by atoms with Crippen LogP contribution in [0.1, 0.15) is 12.8 Å². The van der Waals surface area contributed by atoms with Gasteiger partial charge in [-0.3, -0.25) is 9.69 Å². The lowest BCUT2D eigenvalue weighted by Crippen LogP contribution is -2.42. The summed E-state index contributed by atoms with van der Waals surface area (Å²) in [6, 6.07) is -0.204. The molecule has 0 aliphatic carbocycles. The van der Waals surface area contributed by atoms with E-state index in [0.717, 1.165) is 24.3 Å². The third-order valence-corrected chi connectivity index (χ3v) is 2.35. The van der Waals surface area contributed by atoms with Gasteiger partial charge in [0.25, 0.3) is 0 Å². The van der Waals surface area contributed by atoms with Gasteiger partial charge >= 0.3 is 6.09 Å². The zero-order chi connectivity index (χ0) is 11.3. The number of hydrogen-bond acceptors (Lipinski definition) is 3. The van der Waals surface area contributed by atoms with E-state index in [0.29, 0.717) is 0 Å². The minimum absolute atomic E-state index is 0. The molecule has 6 heteroatoms. The molecule has 1 aliphatic heterocycles. The predicted octanol–water partition coefficient (Wildman–Crippen LogP) is 0.343. The zero-order valence-corrected chi connectivity index (χ0v) is 9.63. The van der Waals surface area contributed by atoms with Crippen LogP contribution in [0, 0.1) is 12.3 Å². The number of nitrogens with one attached hydrogen (secondary N) is 1. The molecule has 0 unspecified atom stereocenters. The van der Waals surface area contributed by atoms with E-state index in [1.54, 1.807) is 0 Å². The van der Waals surface area contributed by atoms with Gasteiger partial charge in [0.1, 0.15) is 0 Å². The molecule has 1 rings (SSSR count). The van der Waals surface area contributed by atoms with Crippen molar-refractivity contribution in [3.8, 4) is 12.3 Å². The number of terminal acetylenes is 1. The molecule has 16 heavy (non-hydrogen) atoms. The minimum atomic E-state index is -1.15. The molecule has 0 radical (unpaired) electrons. The normalized spacial score (nSPS) is 18.3. The van der Waals surface area contributed by atoms with Crippen molar-refractivity contribution >= 4 is 24.3 Å². The van der Waals surface area contributed by atoms with Gasteiger partial charge in [-0.05, 0) is 19.4 Å². The van der Waals surface area contributed by atoms with Crippen molar-refractivity contribution in [2.45, 2.75) is 18.9 Å². The van der Waals surface area contributed by atoms with Crippen molar-refractivity contribution in [2.75, 3.05) is 19.6 Å². The van der Waals surface area contributed by atoms with Crippen LogP contribution in [0.3, 0.4) is 0 Å². The van der Waals surface area contributed by atoms with Crippen LogP contribution in [0.2, 0.25) is 0 Å². The highest BCUT2D eigenvalue weighted by Crippen LogP contribution is 2.06. The topological polar surface area (TPSA) is 69.6 Å². The van der Waals surface area contributed by atoms with Gasteiger partial charge in [-0.15, -0.1) is 18.8 Å². The molecule has 5 nitrogen and oxygen atoms in total. The highest BCUT2D eigenvalue weighted by Gasteiger charge is 2.25. The van der Waals surface area contributed by atoms with Gasteiger partial charge in [0.2, 0.25) is 0 Å². The van der Waals surface area contributed by atoms with Crippen molar-refractivity contribution in [3.63, 3.8) is 0 Å². The molecule has 1 amide bonds. The molecule has 1 saturated heterocycles. The summed E-state index contributed by atoms with van der Waals surface area (Å²) in [5.41, 5.74) is 0. The fourth-order valence-corrected chi connectivity index (χ4v) is 1.56. The molecule has 1 heterocycles. The standard InChI is InChI=1S/C10H14N2O3.ClH/c1-2-6-12(10(14)15)7-9(13)8-4-3-5-11-8;/h1,8,11H,3-7H2,(H,14,15);1H/t8-;/m0./s1. The third kappa shape index (κ3) is 4.09. The Balaban J connectivity index is 0.00000225. The van der Waals surface area contributed by atoms with E-state index in [9.17, 15) is 9.59 Å². The van der Waals surface area contributed by atoms with Gasteiger partial charge in [-0.1, -0.05) is 5.92 Å². The zero-order valence-electron chi connectivity index (χ0n) is 8.81. The molecule has 2 N–H and O–H groups in total. The first-order valence-corrected chi connectivity index (χ1v) is 4.82. The van der Waals surface area contributed by atoms with Crippen LogP contribution in [0.4, 0.5) is 4.79 Å². The maximum atomic E-state index is 11.6. The summed E-state index contributed by atoms with van der Waals surface area (Å²) in [5, 5.41) is 11.8. The van der Waals surface area contributed by atoms with Gasteiger partial charge < -0.3 is 10.4 Å². The number of carbonyl (C=O) groups is 2. The number of amides is 1. The number of carboxylic acid groups (broad SMARTS) is 1. The van der Waals surface area contributed by atoms with Crippen LogP contribution in [0.5, 0.6) is 0 Å². The summed E-state index contributed by atoms with van der Waals surface area (Å²) in [5.74, 6) is 2.11. The van der Waals surface area contributed by atoms with Crippen LogP contribution in [-0.4, -0.2) is 47.6 Å². The van der Waals surface area contributed by atoms with Gasteiger partial charge in [0.05, 0.1) is 19.1 Å². The molecule has 1 fully saturated rings. The van der Waals surface area contributed by atoms with Crippen molar-refractivity contribution in [2.24, 2.45) is 0 Å². The average molecular weight is 247 g/mol. The molecule has 0 aromatic rings. The lowest BCUT2D eigenvalue weighted by atomic mass is 10.1. The van der Waals surface area contributed by atoms with E-state index in [1.165, 1.54) is 0 Å². The number of halogens is 1. The second-order valence-electron chi connectivity index (χ2n) is 3.46. The Labute approximate surface area is 101 Å². The SMILES string of the molecule is C#CCN(CC(=O)[C@@H]1CCCN1)C(=O)O.Cl. The molecular formula is C10H15ClN2O3. The Kier molecular flexibility index (Phi) is 6.54. The molecule has 0 aromatic carbocycles. The van der Waals surface area contributed by atoms with Gasteiger partial charge in [-0.2, -0.15) is 0 Å². The molecule has 90 valence electrons. The monoisotopic (exact) mass is 246 g/mol. The van der Waals surface area contributed by atoms with Crippen LogP contribution >= 0.6 is 12.4 Å². The minimum Gasteiger partial charge on any atom is -0.465 e. The molecular weight excluding hydrogens is 232 g/mol. The number of hydrogen-bond donors (Lipinski definition) is 2. The number of nitrogens with zero attached hydrogens (tertiary/aromatic N) is 1. The smallest absolute Gasteiger partial charge is 0.408 e. The van der Waals surface area contributed by atoms with Gasteiger partial charge in [0.15, 0.2) is 5.78 Å². The van der Waals surface area contributed by atoms with Crippen molar-refractivity contribution in [1.82, 2.24) is 10.2 Å². The summed E-state index contributed by atoms with van der Waals surface area (Å²) in [7, 11) is 0. The molecule has 1 aliphatic rings. The van der Waals surface area contributed by atoms with E-state index in [2.05, 4.69) is 11.2 Å². The van der Waals surface area contributed by atoms with E-state index in [1.807, 2.05) is 0 Å². The molecule has 0 bridgehead atoms. The van der Waals surface area contributed by atoms with E-state index < -0.39 is 6.09 Å². The fourth-order valence-electron chi connectivity index (χ4n) is 1.56. The van der Waals surface area contributed by atoms with Crippen molar-refractivity contribution < 1.29 is 14.7 Å². The average Bonchev–Trinajstić information content (AvgIpc) is 2.69. The molecule has 0 spiro atoms. The third-order valence-electron chi connectivity index (χ3n) is 2.35. The van der Waals surface area contributed by atoms with Crippen molar-refractivity contribution in [3.05, 3.63) is 0 Å². The second-order valence-corrected chi connectivity index (χ2v) is 3.46. The first kappa shape index (κ1) is 14.8. The Morgan fingerprint density at radius 2 is 2.25 bits per heavy atom. The predicted molar refractivity (Wildman–Crippen MR) is 61.7 cm³/mol. The van der Waals surface area contributed by atoms with Gasteiger partial charge in [-0.25, -0.2) is 4.79 Å². The highest BCUT2D eigenvalue weighted by atomic mass is 35.5. The number of carbonyl (C=O) groups excluding carboxylic acids is 1. The van der Waals surface area contributed by atoms with Gasteiger partial charge in [0, 0.05) is 0 Å². The fraction of sp³-hybridized carbons (Fsp3) is 0.600. The van der Waals surface area contributed by atoms with Crippen molar-refractivity contribution in [1.29, 1.82) is 0 Å². The number of rotatable bonds is 4. The van der Waals surface area contributed by atoms with E-state index in [-0.39, 0.29) is 37.3 Å². The molecule has 1 atom stereocenters. The summed E-state index contributed by atoms with van der Waals surface area (Å²) in [6.45, 7) is 0.642. The lowest BCUT2D eigenvalue weighted by Gasteiger charge is -2.17. The number of ketones is 1. The quantitative estimate of drug-likeness (QED) is 0.702. The maximum Gasteiger partial charge on any atom is 0.408 e. The van der Waals surface area contributed by atoms with Crippen LogP contribution < -0.4 is 5.32 Å². The second kappa shape index (κ2) is 7.09. The first-order chi connectivity index (χ1) is 7.15. The Morgan fingerprint density at radius 3 is 2.69 bits per heavy atom. The van der Waals surface area contributed by atoms with Crippen LogP contribution in [0.25, 0.3) is 0 Å².